The van der Waals surface area contributed by atoms with Crippen LogP contribution < -0.4 is 10.1 Å². The number of nitrogens with one attached hydrogen (secondary N) is 1. The van der Waals surface area contributed by atoms with Crippen LogP contribution in [-0.4, -0.2) is 12.0 Å². The van der Waals surface area contributed by atoms with E-state index in [1.807, 2.05) is 38.4 Å². The summed E-state index contributed by atoms with van der Waals surface area (Å²) in [4.78, 5) is 4.15. The van der Waals surface area contributed by atoms with Crippen molar-refractivity contribution in [2.45, 2.75) is 33.2 Å². The molecule has 2 rings (SSSR count). The molecule has 21 heavy (non-hydrogen) atoms. The predicted molar refractivity (Wildman–Crippen MR) is 87.4 cm³/mol. The van der Waals surface area contributed by atoms with Crippen molar-refractivity contribution >= 4 is 11.6 Å². The van der Waals surface area contributed by atoms with E-state index in [1.54, 1.807) is 6.20 Å². The van der Waals surface area contributed by atoms with Crippen LogP contribution in [0.3, 0.4) is 0 Å². The standard InChI is InChI=1S/C17H21ClN2O/c1-11(2)14-8-17(12(3)7-15(14)18)21-16-5-6-20-10-13(16)9-19-4/h5-8,10-11,19H,9H2,1-4H3. The zero-order valence-electron chi connectivity index (χ0n) is 12.9. The first kappa shape index (κ1) is 15.8. The Morgan fingerprint density at radius 1 is 1.29 bits per heavy atom. The van der Waals surface area contributed by atoms with Gasteiger partial charge in [0.25, 0.3) is 0 Å². The molecule has 0 spiro atoms. The van der Waals surface area contributed by atoms with Crippen LogP contribution in [0.2, 0.25) is 5.02 Å². The highest BCUT2D eigenvalue weighted by molar-refractivity contribution is 6.31. The third-order valence-electron chi connectivity index (χ3n) is 3.36. The summed E-state index contributed by atoms with van der Waals surface area (Å²) < 4.78 is 6.10. The Kier molecular flexibility index (Phi) is 5.21. The molecule has 0 saturated heterocycles. The lowest BCUT2D eigenvalue weighted by molar-refractivity contribution is 0.468. The number of pyridine rings is 1. The van der Waals surface area contributed by atoms with Crippen LogP contribution in [0, 0.1) is 6.92 Å². The highest BCUT2D eigenvalue weighted by atomic mass is 35.5. The van der Waals surface area contributed by atoms with Crippen LogP contribution in [0.1, 0.15) is 36.5 Å². The molecule has 4 heteroatoms. The lowest BCUT2D eigenvalue weighted by Gasteiger charge is -2.16. The molecule has 0 saturated carbocycles. The lowest BCUT2D eigenvalue weighted by atomic mass is 10.0. The third kappa shape index (κ3) is 3.74. The van der Waals surface area contributed by atoms with Crippen molar-refractivity contribution in [3.8, 4) is 11.5 Å². The van der Waals surface area contributed by atoms with Crippen molar-refractivity contribution in [1.82, 2.24) is 10.3 Å². The molecule has 0 fully saturated rings. The summed E-state index contributed by atoms with van der Waals surface area (Å²) in [5.41, 5.74) is 3.15. The van der Waals surface area contributed by atoms with E-state index in [4.69, 9.17) is 16.3 Å². The van der Waals surface area contributed by atoms with Gasteiger partial charge in [0.15, 0.2) is 0 Å². The van der Waals surface area contributed by atoms with Gasteiger partial charge in [-0.1, -0.05) is 25.4 Å². The van der Waals surface area contributed by atoms with Gasteiger partial charge in [0.1, 0.15) is 11.5 Å². The molecular formula is C17H21ClN2O. The minimum Gasteiger partial charge on any atom is -0.457 e. The van der Waals surface area contributed by atoms with Gasteiger partial charge in [-0.05, 0) is 49.2 Å². The summed E-state index contributed by atoms with van der Waals surface area (Å²) in [5, 5.41) is 3.91. The molecule has 1 aromatic heterocycles. The third-order valence-corrected chi connectivity index (χ3v) is 3.69. The average Bonchev–Trinajstić information content (AvgIpc) is 2.43. The lowest BCUT2D eigenvalue weighted by Crippen LogP contribution is -2.07. The molecule has 0 bridgehead atoms. The van der Waals surface area contributed by atoms with Gasteiger partial charge < -0.3 is 10.1 Å². The maximum absolute atomic E-state index is 6.30. The van der Waals surface area contributed by atoms with Gasteiger partial charge in [-0.2, -0.15) is 0 Å². The maximum Gasteiger partial charge on any atom is 0.135 e. The molecule has 0 aliphatic heterocycles. The van der Waals surface area contributed by atoms with E-state index in [1.165, 1.54) is 0 Å². The second-order valence-corrected chi connectivity index (χ2v) is 5.82. The number of ether oxygens (including phenoxy) is 1. The number of nitrogens with zero attached hydrogens (tertiary/aromatic N) is 1. The van der Waals surface area contributed by atoms with Crippen molar-refractivity contribution in [3.05, 3.63) is 52.3 Å². The zero-order valence-corrected chi connectivity index (χ0v) is 13.7. The van der Waals surface area contributed by atoms with E-state index < -0.39 is 0 Å². The molecule has 0 unspecified atom stereocenters. The SMILES string of the molecule is CNCc1cnccc1Oc1cc(C(C)C)c(Cl)cc1C. The van der Waals surface area contributed by atoms with E-state index >= 15 is 0 Å². The van der Waals surface area contributed by atoms with Crippen LogP contribution in [0.4, 0.5) is 0 Å². The molecule has 0 aliphatic rings. The van der Waals surface area contributed by atoms with Crippen LogP contribution in [0.5, 0.6) is 11.5 Å². The van der Waals surface area contributed by atoms with Crippen molar-refractivity contribution in [1.29, 1.82) is 0 Å². The van der Waals surface area contributed by atoms with E-state index in [2.05, 4.69) is 24.1 Å². The second kappa shape index (κ2) is 6.92. The Morgan fingerprint density at radius 3 is 2.71 bits per heavy atom. The molecule has 0 aliphatic carbocycles. The van der Waals surface area contributed by atoms with Crippen LogP contribution in [0.15, 0.2) is 30.6 Å². The summed E-state index contributed by atoms with van der Waals surface area (Å²) in [7, 11) is 1.90. The topological polar surface area (TPSA) is 34.2 Å². The normalized spacial score (nSPS) is 11.0. The van der Waals surface area contributed by atoms with Crippen LogP contribution >= 0.6 is 11.6 Å². The first-order valence-corrected chi connectivity index (χ1v) is 7.46. The van der Waals surface area contributed by atoms with Gasteiger partial charge in [-0.25, -0.2) is 0 Å². The molecule has 0 radical (unpaired) electrons. The molecule has 3 nitrogen and oxygen atoms in total. The first-order chi connectivity index (χ1) is 10.0. The van der Waals surface area contributed by atoms with Gasteiger partial charge in [0.05, 0.1) is 0 Å². The fraction of sp³-hybridized carbons (Fsp3) is 0.353. The quantitative estimate of drug-likeness (QED) is 0.871. The number of aryl methyl sites for hydroxylation is 1. The molecule has 112 valence electrons. The van der Waals surface area contributed by atoms with Crippen molar-refractivity contribution in [3.63, 3.8) is 0 Å². The van der Waals surface area contributed by atoms with Gasteiger partial charge in [0, 0.05) is 29.5 Å². The summed E-state index contributed by atoms with van der Waals surface area (Å²) in [6, 6.07) is 5.88. The predicted octanol–water partition coefficient (Wildman–Crippen LogP) is 4.68. The minimum atomic E-state index is 0.356. The molecule has 0 amide bonds. The highest BCUT2D eigenvalue weighted by Crippen LogP contribution is 2.34. The summed E-state index contributed by atoms with van der Waals surface area (Å²) >= 11 is 6.30. The summed E-state index contributed by atoms with van der Waals surface area (Å²) in [6.07, 6.45) is 3.56. The van der Waals surface area contributed by atoms with E-state index in [-0.39, 0.29) is 0 Å². The minimum absolute atomic E-state index is 0.356. The largest absolute Gasteiger partial charge is 0.457 e. The fourth-order valence-corrected chi connectivity index (χ4v) is 2.61. The zero-order chi connectivity index (χ0) is 15.4. The van der Waals surface area contributed by atoms with Gasteiger partial charge in [-0.3, -0.25) is 4.98 Å². The number of benzene rings is 1. The van der Waals surface area contributed by atoms with E-state index in [0.717, 1.165) is 33.2 Å². The van der Waals surface area contributed by atoms with Crippen LogP contribution in [0.25, 0.3) is 0 Å². The van der Waals surface area contributed by atoms with Gasteiger partial charge >= 0.3 is 0 Å². The van der Waals surface area contributed by atoms with Gasteiger partial charge in [-0.15, -0.1) is 0 Å². The molecule has 1 heterocycles. The van der Waals surface area contributed by atoms with Crippen molar-refractivity contribution in [2.24, 2.45) is 0 Å². The highest BCUT2D eigenvalue weighted by Gasteiger charge is 2.12. The smallest absolute Gasteiger partial charge is 0.135 e. The number of halogens is 1. The Morgan fingerprint density at radius 2 is 2.05 bits per heavy atom. The Bertz CT molecular complexity index is 626. The van der Waals surface area contributed by atoms with Crippen LogP contribution in [-0.2, 0) is 6.54 Å². The second-order valence-electron chi connectivity index (χ2n) is 5.41. The van der Waals surface area contributed by atoms with Crippen molar-refractivity contribution < 1.29 is 4.74 Å². The molecule has 1 N–H and O–H groups in total. The summed E-state index contributed by atoms with van der Waals surface area (Å²) in [6.45, 7) is 6.97. The average molecular weight is 305 g/mol. The number of aromatic nitrogens is 1. The number of hydrogen-bond acceptors (Lipinski definition) is 3. The van der Waals surface area contributed by atoms with E-state index in [9.17, 15) is 0 Å². The van der Waals surface area contributed by atoms with E-state index in [0.29, 0.717) is 12.5 Å². The Hall–Kier alpha value is -1.58. The molecule has 2 aromatic rings. The van der Waals surface area contributed by atoms with Crippen molar-refractivity contribution in [2.75, 3.05) is 7.05 Å². The van der Waals surface area contributed by atoms with Gasteiger partial charge in [0.2, 0.25) is 0 Å². The molecule has 0 atom stereocenters. The number of rotatable bonds is 5. The maximum atomic E-state index is 6.30. The molecule has 1 aromatic carbocycles. The number of hydrogen-bond donors (Lipinski definition) is 1. The summed E-state index contributed by atoms with van der Waals surface area (Å²) in [5.74, 6) is 2.01. The monoisotopic (exact) mass is 304 g/mol. The Balaban J connectivity index is 2.38. The molecular weight excluding hydrogens is 284 g/mol. The first-order valence-electron chi connectivity index (χ1n) is 7.08. The Labute approximate surface area is 131 Å². The fourth-order valence-electron chi connectivity index (χ4n) is 2.18.